The Bertz CT molecular complexity index is 1710. The van der Waals surface area contributed by atoms with E-state index in [1.165, 1.54) is 0 Å². The Kier molecular flexibility index (Phi) is 8.28. The third kappa shape index (κ3) is 6.46. The molecule has 0 bridgehead atoms. The predicted octanol–water partition coefficient (Wildman–Crippen LogP) is 6.78. The number of amides is 1. The van der Waals surface area contributed by atoms with Gasteiger partial charge in [0.25, 0.3) is 5.91 Å². The third-order valence-corrected chi connectivity index (χ3v) is 6.82. The molecule has 3 aromatic carbocycles. The number of pyridine rings is 1. The van der Waals surface area contributed by atoms with E-state index in [1.54, 1.807) is 32.5 Å². The van der Waals surface area contributed by atoms with Crippen molar-refractivity contribution >= 4 is 28.6 Å². The zero-order valence-electron chi connectivity index (χ0n) is 24.4. The summed E-state index contributed by atoms with van der Waals surface area (Å²) in [5.41, 5.74) is 4.68. The molecule has 2 heterocycles. The maximum absolute atomic E-state index is 12.9. The quantitative estimate of drug-likeness (QED) is 0.171. The van der Waals surface area contributed by atoms with Gasteiger partial charge in [0.15, 0.2) is 11.5 Å². The molecule has 0 aliphatic heterocycles. The van der Waals surface area contributed by atoms with Gasteiger partial charge in [-0.25, -0.2) is 9.97 Å². The molecule has 0 fully saturated rings. The first kappa shape index (κ1) is 28.5. The van der Waals surface area contributed by atoms with Crippen LogP contribution in [-0.4, -0.2) is 41.6 Å². The molecule has 42 heavy (non-hydrogen) atoms. The van der Waals surface area contributed by atoms with Crippen molar-refractivity contribution in [1.82, 2.24) is 20.3 Å². The van der Waals surface area contributed by atoms with E-state index in [9.17, 15) is 4.79 Å². The van der Waals surface area contributed by atoms with E-state index in [0.717, 1.165) is 27.9 Å². The number of benzene rings is 3. The second-order valence-electron chi connectivity index (χ2n) is 10.8. The molecule has 9 heteroatoms. The van der Waals surface area contributed by atoms with Gasteiger partial charge in [0.1, 0.15) is 11.4 Å². The zero-order chi connectivity index (χ0) is 29.7. The number of rotatable bonds is 10. The van der Waals surface area contributed by atoms with Crippen molar-refractivity contribution in [2.75, 3.05) is 26.1 Å². The Morgan fingerprint density at radius 3 is 2.50 bits per heavy atom. The molecule has 5 rings (SSSR count). The number of aromatic amines is 1. The topological polar surface area (TPSA) is 110 Å². The number of hydrogen-bond donors (Lipinski definition) is 3. The van der Waals surface area contributed by atoms with Crippen molar-refractivity contribution in [3.05, 3.63) is 95.7 Å². The molecule has 0 unspecified atom stereocenters. The maximum atomic E-state index is 12.9. The second kappa shape index (κ2) is 12.2. The number of nitrogens with one attached hydrogen (secondary N) is 3. The van der Waals surface area contributed by atoms with E-state index >= 15 is 0 Å². The number of ether oxygens (including phenoxy) is 3. The van der Waals surface area contributed by atoms with Crippen LogP contribution in [0, 0.1) is 0 Å². The molecule has 0 saturated heterocycles. The first-order valence-corrected chi connectivity index (χ1v) is 13.7. The van der Waals surface area contributed by atoms with Crippen LogP contribution in [-0.2, 0) is 11.8 Å². The van der Waals surface area contributed by atoms with Crippen LogP contribution in [0.5, 0.6) is 23.1 Å². The fourth-order valence-electron chi connectivity index (χ4n) is 4.64. The first-order chi connectivity index (χ1) is 20.2. The van der Waals surface area contributed by atoms with Gasteiger partial charge in [0, 0.05) is 23.9 Å². The number of nitrogens with zero attached hydrogens (tertiary/aromatic N) is 2. The van der Waals surface area contributed by atoms with Gasteiger partial charge in [-0.3, -0.25) is 4.79 Å². The van der Waals surface area contributed by atoms with E-state index in [2.05, 4.69) is 52.4 Å². The number of fused-ring (bicyclic) bond motifs is 1. The van der Waals surface area contributed by atoms with Gasteiger partial charge in [-0.15, -0.1) is 0 Å². The van der Waals surface area contributed by atoms with Gasteiger partial charge in [-0.05, 0) is 65.9 Å². The van der Waals surface area contributed by atoms with E-state index in [1.807, 2.05) is 54.6 Å². The summed E-state index contributed by atoms with van der Waals surface area (Å²) in [6.07, 6.45) is 2.34. The SMILES string of the molecule is COc1ccc(CCNC(=O)c2ccc3nc(Nc4cccnc4Oc4ccccc4C(C)(C)C)[nH]c3c2)cc1OC. The highest BCUT2D eigenvalue weighted by Crippen LogP contribution is 2.36. The van der Waals surface area contributed by atoms with Gasteiger partial charge in [0.2, 0.25) is 11.8 Å². The monoisotopic (exact) mass is 565 g/mol. The molecule has 2 aromatic heterocycles. The van der Waals surface area contributed by atoms with Gasteiger partial charge >= 0.3 is 0 Å². The average Bonchev–Trinajstić information content (AvgIpc) is 3.39. The molecule has 1 amide bonds. The normalized spacial score (nSPS) is 11.3. The predicted molar refractivity (Wildman–Crippen MR) is 164 cm³/mol. The van der Waals surface area contributed by atoms with E-state index in [0.29, 0.717) is 47.5 Å². The smallest absolute Gasteiger partial charge is 0.251 e. The molecule has 0 aliphatic rings. The highest BCUT2D eigenvalue weighted by atomic mass is 16.5. The minimum Gasteiger partial charge on any atom is -0.493 e. The van der Waals surface area contributed by atoms with Crippen LogP contribution < -0.4 is 24.8 Å². The van der Waals surface area contributed by atoms with Gasteiger partial charge in [-0.2, -0.15) is 0 Å². The van der Waals surface area contributed by atoms with Gasteiger partial charge in [-0.1, -0.05) is 45.0 Å². The lowest BCUT2D eigenvalue weighted by molar-refractivity contribution is 0.0954. The number of aromatic nitrogens is 3. The van der Waals surface area contributed by atoms with E-state index < -0.39 is 0 Å². The second-order valence-corrected chi connectivity index (χ2v) is 10.8. The summed E-state index contributed by atoms with van der Waals surface area (Å²) < 4.78 is 16.9. The summed E-state index contributed by atoms with van der Waals surface area (Å²) in [5.74, 6) is 2.86. The first-order valence-electron chi connectivity index (χ1n) is 13.7. The van der Waals surface area contributed by atoms with Crippen molar-refractivity contribution in [1.29, 1.82) is 0 Å². The Hall–Kier alpha value is -5.05. The van der Waals surface area contributed by atoms with Crippen LogP contribution in [0.2, 0.25) is 0 Å². The number of anilines is 2. The third-order valence-electron chi connectivity index (χ3n) is 6.82. The fourth-order valence-corrected chi connectivity index (χ4v) is 4.64. The molecule has 3 N–H and O–H groups in total. The van der Waals surface area contributed by atoms with Crippen molar-refractivity contribution in [2.45, 2.75) is 32.6 Å². The molecular formula is C33H35N5O4. The summed E-state index contributed by atoms with van der Waals surface area (Å²) >= 11 is 0. The number of H-pyrrole nitrogens is 1. The highest BCUT2D eigenvalue weighted by Gasteiger charge is 2.20. The molecule has 0 spiro atoms. The summed E-state index contributed by atoms with van der Waals surface area (Å²) in [4.78, 5) is 25.2. The van der Waals surface area contributed by atoms with E-state index in [-0.39, 0.29) is 11.3 Å². The number of methoxy groups -OCH3 is 2. The van der Waals surface area contributed by atoms with Crippen molar-refractivity contribution in [2.24, 2.45) is 0 Å². The Morgan fingerprint density at radius 1 is 0.905 bits per heavy atom. The lowest BCUT2D eigenvalue weighted by Crippen LogP contribution is -2.25. The van der Waals surface area contributed by atoms with Gasteiger partial charge in [0.05, 0.1) is 25.3 Å². The number of para-hydroxylation sites is 1. The van der Waals surface area contributed by atoms with Crippen LogP contribution in [0.15, 0.2) is 79.0 Å². The number of carbonyl (C=O) groups is 1. The Balaban J connectivity index is 1.27. The molecule has 0 atom stereocenters. The van der Waals surface area contributed by atoms with Crippen LogP contribution in [0.4, 0.5) is 11.6 Å². The Labute approximate surface area is 245 Å². The van der Waals surface area contributed by atoms with Gasteiger partial charge < -0.3 is 29.8 Å². The minimum atomic E-state index is -0.165. The van der Waals surface area contributed by atoms with Crippen molar-refractivity contribution in [3.63, 3.8) is 0 Å². The molecule has 0 radical (unpaired) electrons. The standard InChI is InChI=1S/C33H35N5O4/c1-33(2,3)23-9-6-7-11-27(23)42-31-25(10-8-17-35-31)37-32-36-24-14-13-22(20-26(24)38-32)30(39)34-18-16-21-12-15-28(40-4)29(19-21)41-5/h6-15,17,19-20H,16,18H2,1-5H3,(H,34,39)(H2,36,37,38). The molecule has 5 aromatic rings. The largest absolute Gasteiger partial charge is 0.493 e. The van der Waals surface area contributed by atoms with Crippen molar-refractivity contribution < 1.29 is 19.0 Å². The zero-order valence-corrected chi connectivity index (χ0v) is 24.4. The van der Waals surface area contributed by atoms with E-state index in [4.69, 9.17) is 14.2 Å². The summed E-state index contributed by atoms with van der Waals surface area (Å²) in [6, 6.07) is 22.8. The maximum Gasteiger partial charge on any atom is 0.251 e. The molecule has 9 nitrogen and oxygen atoms in total. The van der Waals surface area contributed by atoms with Crippen molar-refractivity contribution in [3.8, 4) is 23.1 Å². The average molecular weight is 566 g/mol. The van der Waals surface area contributed by atoms with Crippen LogP contribution in [0.3, 0.4) is 0 Å². The molecule has 216 valence electrons. The molecule has 0 saturated carbocycles. The molecule has 0 aliphatic carbocycles. The van der Waals surface area contributed by atoms with Crippen LogP contribution >= 0.6 is 0 Å². The van der Waals surface area contributed by atoms with Crippen LogP contribution in [0.1, 0.15) is 42.3 Å². The fraction of sp³-hybridized carbons (Fsp3) is 0.242. The summed E-state index contributed by atoms with van der Waals surface area (Å²) in [6.45, 7) is 6.92. The summed E-state index contributed by atoms with van der Waals surface area (Å²) in [7, 11) is 3.21. The van der Waals surface area contributed by atoms with Crippen LogP contribution in [0.25, 0.3) is 11.0 Å². The number of hydrogen-bond acceptors (Lipinski definition) is 7. The molecular weight excluding hydrogens is 530 g/mol. The summed E-state index contributed by atoms with van der Waals surface area (Å²) in [5, 5.41) is 6.27. The Morgan fingerprint density at radius 2 is 1.71 bits per heavy atom. The number of imidazole rings is 1. The number of carbonyl (C=O) groups excluding carboxylic acids is 1. The highest BCUT2D eigenvalue weighted by molar-refractivity contribution is 5.97. The minimum absolute atomic E-state index is 0.0923. The lowest BCUT2D eigenvalue weighted by Gasteiger charge is -2.22. The lowest BCUT2D eigenvalue weighted by atomic mass is 9.86.